The van der Waals surface area contributed by atoms with Gasteiger partial charge in [0.05, 0.1) is 36.5 Å². The van der Waals surface area contributed by atoms with Crippen LogP contribution in [0, 0.1) is 5.41 Å². The fourth-order valence-corrected chi connectivity index (χ4v) is 3.09. The largest absolute Gasteiger partial charge is 0.511 e. The van der Waals surface area contributed by atoms with E-state index < -0.39 is 42.1 Å². The standard InChI is InChI=1S/C27H32O8/c1-17(2)34-25(32)21-9-5-19(6-10-21)13-23(30)27(15-28,16-29)24(31)14-20-7-11-22(12-8-20)26(33)35-18(3)4/h5-14,17-18,28-31H,15-16H2,1-4H3. The summed E-state index contributed by atoms with van der Waals surface area (Å²) >= 11 is 0. The number of ether oxygens (including phenoxy) is 2. The Labute approximate surface area is 204 Å². The number of carbonyl (C=O) groups is 2. The molecule has 0 spiro atoms. The normalized spacial score (nSPS) is 12.7. The van der Waals surface area contributed by atoms with Crippen molar-refractivity contribution in [2.24, 2.45) is 5.41 Å². The number of carbonyl (C=O) groups excluding carboxylic acids is 2. The van der Waals surface area contributed by atoms with Gasteiger partial charge in [-0.15, -0.1) is 0 Å². The van der Waals surface area contributed by atoms with Crippen LogP contribution >= 0.6 is 0 Å². The maximum Gasteiger partial charge on any atom is 0.338 e. The molecule has 2 aromatic carbocycles. The predicted molar refractivity (Wildman–Crippen MR) is 132 cm³/mol. The van der Waals surface area contributed by atoms with Crippen molar-refractivity contribution < 1.29 is 39.5 Å². The molecule has 8 heteroatoms. The van der Waals surface area contributed by atoms with E-state index in [1.807, 2.05) is 0 Å². The number of aliphatic hydroxyl groups excluding tert-OH is 4. The second-order valence-corrected chi connectivity index (χ2v) is 8.61. The van der Waals surface area contributed by atoms with Gasteiger partial charge in [0.15, 0.2) is 0 Å². The highest BCUT2D eigenvalue weighted by Gasteiger charge is 2.38. The van der Waals surface area contributed by atoms with Gasteiger partial charge in [-0.3, -0.25) is 0 Å². The molecular formula is C27H32O8. The molecule has 0 saturated carbocycles. The van der Waals surface area contributed by atoms with Crippen molar-refractivity contribution in [2.75, 3.05) is 13.2 Å². The lowest BCUT2D eigenvalue weighted by Gasteiger charge is -2.28. The van der Waals surface area contributed by atoms with Gasteiger partial charge < -0.3 is 29.9 Å². The molecule has 0 saturated heterocycles. The van der Waals surface area contributed by atoms with Crippen LogP contribution in [0.5, 0.6) is 0 Å². The lowest BCUT2D eigenvalue weighted by molar-refractivity contribution is 0.0367. The van der Waals surface area contributed by atoms with E-state index in [9.17, 15) is 30.0 Å². The monoisotopic (exact) mass is 484 g/mol. The summed E-state index contributed by atoms with van der Waals surface area (Å²) in [6.45, 7) is 5.39. The first-order valence-corrected chi connectivity index (χ1v) is 11.2. The third-order valence-corrected chi connectivity index (χ3v) is 5.11. The Morgan fingerprint density at radius 1 is 0.714 bits per heavy atom. The molecule has 0 aliphatic carbocycles. The molecule has 0 heterocycles. The zero-order valence-electron chi connectivity index (χ0n) is 20.3. The van der Waals surface area contributed by atoms with E-state index in [4.69, 9.17) is 9.47 Å². The maximum absolute atomic E-state index is 12.0. The Kier molecular flexibility index (Phi) is 9.62. The van der Waals surface area contributed by atoms with Crippen LogP contribution < -0.4 is 0 Å². The summed E-state index contributed by atoms with van der Waals surface area (Å²) in [4.78, 5) is 24.0. The quantitative estimate of drug-likeness (QED) is 0.290. The third-order valence-electron chi connectivity index (χ3n) is 5.11. The van der Waals surface area contributed by atoms with Crippen LogP contribution in [0.25, 0.3) is 12.2 Å². The molecule has 188 valence electrons. The smallest absolute Gasteiger partial charge is 0.338 e. The summed E-state index contributed by atoms with van der Waals surface area (Å²) in [5.41, 5.74) is -0.278. The van der Waals surface area contributed by atoms with Gasteiger partial charge in [-0.05, 0) is 75.2 Å². The zero-order chi connectivity index (χ0) is 26.2. The summed E-state index contributed by atoms with van der Waals surface area (Å²) < 4.78 is 10.3. The van der Waals surface area contributed by atoms with Crippen molar-refractivity contribution in [3.8, 4) is 0 Å². The number of rotatable bonds is 10. The molecule has 0 radical (unpaired) electrons. The summed E-state index contributed by atoms with van der Waals surface area (Å²) in [5.74, 6) is -1.93. The minimum atomic E-state index is -1.87. The molecular weight excluding hydrogens is 452 g/mol. The lowest BCUT2D eigenvalue weighted by Crippen LogP contribution is -2.34. The molecule has 0 amide bonds. The second kappa shape index (κ2) is 12.2. The molecule has 0 fully saturated rings. The molecule has 8 nitrogen and oxygen atoms in total. The van der Waals surface area contributed by atoms with Crippen molar-refractivity contribution >= 4 is 24.1 Å². The predicted octanol–water partition coefficient (Wildman–Crippen LogP) is 4.29. The zero-order valence-corrected chi connectivity index (χ0v) is 20.3. The fraction of sp³-hybridized carbons (Fsp3) is 0.333. The van der Waals surface area contributed by atoms with Crippen LogP contribution in [0.1, 0.15) is 59.5 Å². The minimum Gasteiger partial charge on any atom is -0.511 e. The van der Waals surface area contributed by atoms with Gasteiger partial charge in [-0.25, -0.2) is 9.59 Å². The highest BCUT2D eigenvalue weighted by molar-refractivity contribution is 5.90. The van der Waals surface area contributed by atoms with Gasteiger partial charge >= 0.3 is 11.9 Å². The van der Waals surface area contributed by atoms with Gasteiger partial charge in [0.2, 0.25) is 0 Å². The van der Waals surface area contributed by atoms with Gasteiger partial charge in [0, 0.05) is 0 Å². The Morgan fingerprint density at radius 2 is 1.03 bits per heavy atom. The van der Waals surface area contributed by atoms with Crippen molar-refractivity contribution in [1.29, 1.82) is 0 Å². The van der Waals surface area contributed by atoms with E-state index in [-0.39, 0.29) is 12.2 Å². The van der Waals surface area contributed by atoms with Crippen LogP contribution in [-0.2, 0) is 9.47 Å². The van der Waals surface area contributed by atoms with Crippen LogP contribution in [0.15, 0.2) is 60.0 Å². The second-order valence-electron chi connectivity index (χ2n) is 8.61. The molecule has 2 aromatic rings. The first kappa shape index (κ1) is 27.6. The van der Waals surface area contributed by atoms with E-state index in [0.29, 0.717) is 22.3 Å². The van der Waals surface area contributed by atoms with Crippen LogP contribution in [0.3, 0.4) is 0 Å². The van der Waals surface area contributed by atoms with Crippen molar-refractivity contribution in [3.05, 3.63) is 82.3 Å². The van der Waals surface area contributed by atoms with Crippen LogP contribution in [0.2, 0.25) is 0 Å². The van der Waals surface area contributed by atoms with E-state index >= 15 is 0 Å². The molecule has 35 heavy (non-hydrogen) atoms. The van der Waals surface area contributed by atoms with Crippen LogP contribution in [0.4, 0.5) is 0 Å². The van der Waals surface area contributed by atoms with Crippen LogP contribution in [-0.4, -0.2) is 57.8 Å². The molecule has 0 bridgehead atoms. The number of benzene rings is 2. The van der Waals surface area contributed by atoms with Crippen molar-refractivity contribution in [2.45, 2.75) is 39.9 Å². The Morgan fingerprint density at radius 3 is 1.29 bits per heavy atom. The first-order valence-electron chi connectivity index (χ1n) is 11.2. The fourth-order valence-electron chi connectivity index (χ4n) is 3.09. The molecule has 0 aliphatic rings. The SMILES string of the molecule is CC(C)OC(=O)c1ccc(C=C(O)C(CO)(CO)C(O)=Cc2ccc(C(=O)OC(C)C)cc2)cc1. The number of hydrogen-bond donors (Lipinski definition) is 4. The molecule has 0 aromatic heterocycles. The lowest BCUT2D eigenvalue weighted by atomic mass is 9.83. The average molecular weight is 485 g/mol. The highest BCUT2D eigenvalue weighted by Crippen LogP contribution is 2.34. The molecule has 0 aliphatic heterocycles. The Hall–Kier alpha value is -3.62. The number of hydrogen-bond acceptors (Lipinski definition) is 8. The van der Waals surface area contributed by atoms with E-state index in [1.54, 1.807) is 52.0 Å². The van der Waals surface area contributed by atoms with E-state index in [2.05, 4.69) is 0 Å². The van der Waals surface area contributed by atoms with Crippen molar-refractivity contribution in [3.63, 3.8) is 0 Å². The average Bonchev–Trinajstić information content (AvgIpc) is 2.80. The van der Waals surface area contributed by atoms with Gasteiger partial charge in [0.25, 0.3) is 0 Å². The van der Waals surface area contributed by atoms with Gasteiger partial charge in [-0.1, -0.05) is 24.3 Å². The van der Waals surface area contributed by atoms with E-state index in [0.717, 1.165) is 0 Å². The minimum absolute atomic E-state index is 0.263. The summed E-state index contributed by atoms with van der Waals surface area (Å²) in [6.07, 6.45) is 2.03. The topological polar surface area (TPSA) is 134 Å². The maximum atomic E-state index is 12.0. The third kappa shape index (κ3) is 7.18. The summed E-state index contributed by atoms with van der Waals surface area (Å²) in [5, 5.41) is 41.5. The number of esters is 2. The van der Waals surface area contributed by atoms with E-state index in [1.165, 1.54) is 36.4 Å². The molecule has 2 rings (SSSR count). The first-order chi connectivity index (χ1) is 16.5. The van der Waals surface area contributed by atoms with Gasteiger partial charge in [0.1, 0.15) is 16.9 Å². The Balaban J connectivity index is 2.29. The van der Waals surface area contributed by atoms with Gasteiger partial charge in [-0.2, -0.15) is 0 Å². The number of aliphatic hydroxyl groups is 4. The molecule has 0 atom stereocenters. The summed E-state index contributed by atoms with van der Waals surface area (Å²) in [6, 6.07) is 12.3. The molecule has 4 N–H and O–H groups in total. The Bertz CT molecular complexity index is 976. The van der Waals surface area contributed by atoms with Crippen molar-refractivity contribution in [1.82, 2.24) is 0 Å². The summed E-state index contributed by atoms with van der Waals surface area (Å²) in [7, 11) is 0. The highest BCUT2D eigenvalue weighted by atomic mass is 16.5. The molecule has 0 unspecified atom stereocenters.